The van der Waals surface area contributed by atoms with Crippen LogP contribution in [0.1, 0.15) is 5.56 Å². The maximum absolute atomic E-state index is 10.6. The highest BCUT2D eigenvalue weighted by Crippen LogP contribution is 2.09. The minimum atomic E-state index is -0.597. The van der Waals surface area contributed by atoms with Crippen molar-refractivity contribution in [3.8, 4) is 5.75 Å². The molecule has 80 valence electrons. The van der Waals surface area contributed by atoms with Crippen molar-refractivity contribution < 1.29 is 14.3 Å². The van der Waals surface area contributed by atoms with Crippen molar-refractivity contribution in [1.82, 2.24) is 5.43 Å². The molecule has 0 unspecified atom stereocenters. The number of benzene rings is 1. The number of nitrogens with one attached hydrogen (secondary N) is 1. The Morgan fingerprint density at radius 2 is 2.00 bits per heavy atom. The lowest BCUT2D eigenvalue weighted by Crippen LogP contribution is -2.16. The fourth-order valence-electron chi connectivity index (χ4n) is 0.895. The Kier molecular flexibility index (Phi) is 4.15. The third-order valence-electron chi connectivity index (χ3n) is 1.67. The fraction of sp³-hybridized carbons (Fsp3) is 0.200. The van der Waals surface area contributed by atoms with Crippen LogP contribution in [0.3, 0.4) is 0 Å². The summed E-state index contributed by atoms with van der Waals surface area (Å²) in [7, 11) is 2.88. The standard InChI is InChI=1S/C10H12N2O3/c1-14-9-5-3-8(4-6-9)7-11-12-10(13)15-2/h3-7H,1-2H3,(H,12,13)/b11-7-. The van der Waals surface area contributed by atoms with Gasteiger partial charge in [0, 0.05) is 0 Å². The molecule has 1 rings (SSSR count). The highest BCUT2D eigenvalue weighted by atomic mass is 16.5. The summed E-state index contributed by atoms with van der Waals surface area (Å²) in [6.07, 6.45) is 0.913. The number of hydrazone groups is 1. The number of methoxy groups -OCH3 is 2. The quantitative estimate of drug-likeness (QED) is 0.603. The lowest BCUT2D eigenvalue weighted by Gasteiger charge is -1.99. The summed E-state index contributed by atoms with van der Waals surface area (Å²) in [6.45, 7) is 0. The molecule has 1 N–H and O–H groups in total. The third kappa shape index (κ3) is 3.68. The largest absolute Gasteiger partial charge is 0.497 e. The number of nitrogens with zero attached hydrogens (tertiary/aromatic N) is 1. The first kappa shape index (κ1) is 11.0. The first-order chi connectivity index (χ1) is 7.26. The molecule has 0 saturated carbocycles. The van der Waals surface area contributed by atoms with E-state index in [-0.39, 0.29) is 0 Å². The van der Waals surface area contributed by atoms with E-state index in [0.29, 0.717) is 0 Å². The van der Waals surface area contributed by atoms with E-state index in [4.69, 9.17) is 4.74 Å². The minimum Gasteiger partial charge on any atom is -0.497 e. The molecule has 5 heteroatoms. The number of rotatable bonds is 3. The number of hydrogen-bond donors (Lipinski definition) is 1. The molecule has 0 aromatic heterocycles. The number of carbonyl (C=O) groups excluding carboxylic acids is 1. The van der Waals surface area contributed by atoms with Gasteiger partial charge in [-0.2, -0.15) is 5.10 Å². The Morgan fingerprint density at radius 3 is 2.53 bits per heavy atom. The molecule has 0 heterocycles. The molecule has 0 aliphatic heterocycles. The van der Waals surface area contributed by atoms with Crippen molar-refractivity contribution >= 4 is 12.3 Å². The van der Waals surface area contributed by atoms with Crippen LogP contribution < -0.4 is 10.2 Å². The highest BCUT2D eigenvalue weighted by molar-refractivity contribution is 5.80. The van der Waals surface area contributed by atoms with Crippen molar-refractivity contribution in [3.05, 3.63) is 29.8 Å². The minimum absolute atomic E-state index is 0.597. The van der Waals surface area contributed by atoms with E-state index in [1.807, 2.05) is 12.1 Å². The van der Waals surface area contributed by atoms with Crippen LogP contribution in [-0.4, -0.2) is 26.5 Å². The topological polar surface area (TPSA) is 59.9 Å². The fourth-order valence-corrected chi connectivity index (χ4v) is 0.895. The van der Waals surface area contributed by atoms with E-state index in [0.717, 1.165) is 11.3 Å². The van der Waals surface area contributed by atoms with Crippen LogP contribution in [0.4, 0.5) is 4.79 Å². The predicted octanol–water partition coefficient (Wildman–Crippen LogP) is 1.39. The lowest BCUT2D eigenvalue weighted by atomic mass is 10.2. The van der Waals surface area contributed by atoms with E-state index in [1.54, 1.807) is 19.2 Å². The van der Waals surface area contributed by atoms with Crippen LogP contribution in [0.15, 0.2) is 29.4 Å². The van der Waals surface area contributed by atoms with Gasteiger partial charge in [0.1, 0.15) is 5.75 Å². The zero-order valence-electron chi connectivity index (χ0n) is 8.56. The molecule has 15 heavy (non-hydrogen) atoms. The van der Waals surface area contributed by atoms with Crippen molar-refractivity contribution in [1.29, 1.82) is 0 Å². The molecule has 1 aromatic rings. The monoisotopic (exact) mass is 208 g/mol. The first-order valence-corrected chi connectivity index (χ1v) is 4.27. The summed E-state index contributed by atoms with van der Waals surface area (Å²) >= 11 is 0. The van der Waals surface area contributed by atoms with Crippen LogP contribution >= 0.6 is 0 Å². The Balaban J connectivity index is 2.53. The van der Waals surface area contributed by atoms with Crippen molar-refractivity contribution in [2.75, 3.05) is 14.2 Å². The van der Waals surface area contributed by atoms with Crippen LogP contribution in [-0.2, 0) is 4.74 Å². The van der Waals surface area contributed by atoms with Crippen molar-refractivity contribution in [3.63, 3.8) is 0 Å². The van der Waals surface area contributed by atoms with Crippen LogP contribution in [0.2, 0.25) is 0 Å². The Morgan fingerprint density at radius 1 is 1.33 bits per heavy atom. The second-order valence-corrected chi connectivity index (χ2v) is 2.63. The van der Waals surface area contributed by atoms with Gasteiger partial charge in [0.15, 0.2) is 0 Å². The molecule has 0 atom stereocenters. The summed E-state index contributed by atoms with van der Waals surface area (Å²) in [5.41, 5.74) is 3.04. The summed E-state index contributed by atoms with van der Waals surface area (Å²) < 4.78 is 9.34. The molecule has 0 fully saturated rings. The van der Waals surface area contributed by atoms with Gasteiger partial charge >= 0.3 is 6.09 Å². The summed E-state index contributed by atoms with van der Waals surface area (Å²) in [6, 6.07) is 7.25. The van der Waals surface area contributed by atoms with E-state index in [2.05, 4.69) is 15.3 Å². The van der Waals surface area contributed by atoms with Gasteiger partial charge in [0.2, 0.25) is 0 Å². The molecule has 0 aliphatic rings. The molecular formula is C10H12N2O3. The highest BCUT2D eigenvalue weighted by Gasteiger charge is 1.93. The lowest BCUT2D eigenvalue weighted by molar-refractivity contribution is 0.171. The predicted molar refractivity (Wildman–Crippen MR) is 56.1 cm³/mol. The summed E-state index contributed by atoms with van der Waals surface area (Å²) in [5.74, 6) is 0.771. The second-order valence-electron chi connectivity index (χ2n) is 2.63. The van der Waals surface area contributed by atoms with E-state index in [9.17, 15) is 4.79 Å². The molecule has 0 radical (unpaired) electrons. The smallest absolute Gasteiger partial charge is 0.427 e. The Bertz CT molecular complexity index is 346. The molecule has 1 aromatic carbocycles. The van der Waals surface area contributed by atoms with Gasteiger partial charge in [-0.1, -0.05) is 0 Å². The summed E-state index contributed by atoms with van der Waals surface area (Å²) in [5, 5.41) is 3.68. The van der Waals surface area contributed by atoms with Gasteiger partial charge in [0.25, 0.3) is 0 Å². The number of carbonyl (C=O) groups is 1. The SMILES string of the molecule is COC(=O)N/N=C\c1ccc(OC)cc1. The third-order valence-corrected chi connectivity index (χ3v) is 1.67. The van der Waals surface area contributed by atoms with E-state index >= 15 is 0 Å². The Hall–Kier alpha value is -2.04. The normalized spacial score (nSPS) is 10.0. The molecule has 0 bridgehead atoms. The first-order valence-electron chi connectivity index (χ1n) is 4.27. The van der Waals surface area contributed by atoms with Crippen LogP contribution in [0.25, 0.3) is 0 Å². The maximum Gasteiger partial charge on any atom is 0.427 e. The molecule has 1 amide bonds. The average Bonchev–Trinajstić information content (AvgIpc) is 2.29. The molecular weight excluding hydrogens is 196 g/mol. The Labute approximate surface area is 87.7 Å². The van der Waals surface area contributed by atoms with Gasteiger partial charge in [-0.3, -0.25) is 0 Å². The average molecular weight is 208 g/mol. The maximum atomic E-state index is 10.6. The number of hydrogen-bond acceptors (Lipinski definition) is 4. The number of ether oxygens (including phenoxy) is 2. The molecule has 5 nitrogen and oxygen atoms in total. The second kappa shape index (κ2) is 5.64. The van der Waals surface area contributed by atoms with E-state index < -0.39 is 6.09 Å². The van der Waals surface area contributed by atoms with Crippen LogP contribution in [0, 0.1) is 0 Å². The van der Waals surface area contributed by atoms with Gasteiger partial charge in [-0.05, 0) is 29.8 Å². The van der Waals surface area contributed by atoms with Crippen LogP contribution in [0.5, 0.6) is 5.75 Å². The molecule has 0 saturated heterocycles. The van der Waals surface area contributed by atoms with Crippen molar-refractivity contribution in [2.45, 2.75) is 0 Å². The zero-order chi connectivity index (χ0) is 11.1. The van der Waals surface area contributed by atoms with Crippen molar-refractivity contribution in [2.24, 2.45) is 5.10 Å². The zero-order valence-corrected chi connectivity index (χ0v) is 8.56. The summed E-state index contributed by atoms with van der Waals surface area (Å²) in [4.78, 5) is 10.6. The molecule has 0 spiro atoms. The van der Waals surface area contributed by atoms with Gasteiger partial charge < -0.3 is 9.47 Å². The van der Waals surface area contributed by atoms with Gasteiger partial charge in [-0.25, -0.2) is 10.2 Å². The van der Waals surface area contributed by atoms with Gasteiger partial charge in [-0.15, -0.1) is 0 Å². The van der Waals surface area contributed by atoms with E-state index in [1.165, 1.54) is 13.3 Å². The number of amides is 1. The van der Waals surface area contributed by atoms with Gasteiger partial charge in [0.05, 0.1) is 20.4 Å². The molecule has 0 aliphatic carbocycles.